The van der Waals surface area contributed by atoms with Crippen LogP contribution in [0.5, 0.6) is 0 Å². The molecule has 0 saturated heterocycles. The molecule has 8 nitrogen and oxygen atoms in total. The Hall–Kier alpha value is -2.97. The van der Waals surface area contributed by atoms with E-state index in [1.54, 1.807) is 0 Å². The van der Waals surface area contributed by atoms with E-state index in [4.69, 9.17) is 0 Å². The first kappa shape index (κ1) is 19.8. The average Bonchev–Trinajstić information content (AvgIpc) is 3.51. The van der Waals surface area contributed by atoms with Crippen molar-refractivity contribution in [2.24, 2.45) is 17.8 Å². The third kappa shape index (κ3) is 4.65. The van der Waals surface area contributed by atoms with Gasteiger partial charge >= 0.3 is 5.97 Å². The zero-order valence-electron chi connectivity index (χ0n) is 15.2. The van der Waals surface area contributed by atoms with Crippen LogP contribution in [0, 0.1) is 23.6 Å². The highest BCUT2D eigenvalue weighted by atomic mass is 19.1. The largest absolute Gasteiger partial charge is 0.481 e. The van der Waals surface area contributed by atoms with Crippen molar-refractivity contribution in [3.63, 3.8) is 0 Å². The van der Waals surface area contributed by atoms with E-state index in [9.17, 15) is 28.7 Å². The molecule has 2 aliphatic rings. The van der Waals surface area contributed by atoms with Gasteiger partial charge in [0.15, 0.2) is 0 Å². The van der Waals surface area contributed by atoms with E-state index in [2.05, 4.69) is 16.2 Å². The third-order valence-electron chi connectivity index (χ3n) is 5.15. The lowest BCUT2D eigenvalue weighted by Crippen LogP contribution is -2.48. The number of carboxylic acids is 1. The fourth-order valence-electron chi connectivity index (χ4n) is 3.39. The number of aliphatic carboxylic acids is 1. The van der Waals surface area contributed by atoms with Crippen LogP contribution in [-0.2, 0) is 14.4 Å². The zero-order chi connectivity index (χ0) is 20.3. The van der Waals surface area contributed by atoms with Crippen LogP contribution in [0.3, 0.4) is 0 Å². The predicted molar refractivity (Wildman–Crippen MR) is 96.4 cm³/mol. The molecule has 28 heavy (non-hydrogen) atoms. The molecule has 3 amide bonds. The van der Waals surface area contributed by atoms with E-state index >= 15 is 0 Å². The summed E-state index contributed by atoms with van der Waals surface area (Å²) in [5.41, 5.74) is 4.27. The molecule has 3 rings (SSSR count). The van der Waals surface area contributed by atoms with E-state index in [1.807, 2.05) is 0 Å². The van der Waals surface area contributed by atoms with E-state index in [0.717, 1.165) is 31.7 Å². The topological polar surface area (TPSA) is 125 Å². The molecule has 150 valence electrons. The molecule has 0 heterocycles. The fourth-order valence-corrected chi connectivity index (χ4v) is 3.39. The van der Waals surface area contributed by atoms with Crippen LogP contribution in [0.15, 0.2) is 18.2 Å². The summed E-state index contributed by atoms with van der Waals surface area (Å²) in [5, 5.41) is 11.8. The lowest BCUT2D eigenvalue weighted by atomic mass is 9.79. The normalized spacial score (nSPS) is 21.5. The highest BCUT2D eigenvalue weighted by Gasteiger charge is 2.36. The molecule has 2 unspecified atom stereocenters. The van der Waals surface area contributed by atoms with Crippen molar-refractivity contribution in [3.8, 4) is 0 Å². The summed E-state index contributed by atoms with van der Waals surface area (Å²) in [5.74, 6) is -5.10. The second-order valence-corrected chi connectivity index (χ2v) is 7.24. The Labute approximate surface area is 160 Å². The number of halogens is 1. The van der Waals surface area contributed by atoms with Gasteiger partial charge in [-0.2, -0.15) is 0 Å². The first-order valence-electron chi connectivity index (χ1n) is 9.30. The molecule has 0 bridgehead atoms. The number of hydrogen-bond donors (Lipinski definition) is 4. The molecule has 1 aromatic carbocycles. The molecule has 2 atom stereocenters. The van der Waals surface area contributed by atoms with Gasteiger partial charge in [-0.3, -0.25) is 30.0 Å². The Kier molecular flexibility index (Phi) is 5.91. The van der Waals surface area contributed by atoms with Gasteiger partial charge in [0.05, 0.1) is 17.4 Å². The number of benzene rings is 1. The number of rotatable bonds is 5. The molecule has 0 radical (unpaired) electrons. The minimum Gasteiger partial charge on any atom is -0.481 e. The van der Waals surface area contributed by atoms with Crippen molar-refractivity contribution in [1.82, 2.24) is 10.9 Å². The number of carbonyl (C=O) groups excluding carboxylic acids is 3. The highest BCUT2D eigenvalue weighted by molar-refractivity contribution is 5.98. The molecule has 1 aromatic rings. The van der Waals surface area contributed by atoms with Crippen LogP contribution >= 0.6 is 0 Å². The summed E-state index contributed by atoms with van der Waals surface area (Å²) >= 11 is 0. The lowest BCUT2D eigenvalue weighted by molar-refractivity contribution is -0.149. The molecule has 0 aliphatic heterocycles. The Balaban J connectivity index is 1.57. The summed E-state index contributed by atoms with van der Waals surface area (Å²) in [6, 6.07) is 3.65. The molecule has 0 spiro atoms. The van der Waals surface area contributed by atoms with Gasteiger partial charge in [0.2, 0.25) is 11.8 Å². The summed E-state index contributed by atoms with van der Waals surface area (Å²) in [4.78, 5) is 47.4. The molecule has 2 aliphatic carbocycles. The summed E-state index contributed by atoms with van der Waals surface area (Å²) < 4.78 is 14.2. The maximum absolute atomic E-state index is 14.2. The smallest absolute Gasteiger partial charge is 0.307 e. The van der Waals surface area contributed by atoms with Crippen LogP contribution in [0.25, 0.3) is 0 Å². The number of hydrogen-bond acceptors (Lipinski definition) is 4. The van der Waals surface area contributed by atoms with Crippen molar-refractivity contribution in [2.75, 3.05) is 5.32 Å². The Morgan fingerprint density at radius 2 is 1.61 bits per heavy atom. The van der Waals surface area contributed by atoms with Gasteiger partial charge < -0.3 is 10.4 Å². The lowest BCUT2D eigenvalue weighted by Gasteiger charge is -2.27. The fraction of sp³-hybridized carbons (Fsp3) is 0.474. The monoisotopic (exact) mass is 391 g/mol. The van der Waals surface area contributed by atoms with Gasteiger partial charge in [0.25, 0.3) is 5.91 Å². The van der Waals surface area contributed by atoms with Gasteiger partial charge in [-0.05, 0) is 43.9 Å². The third-order valence-corrected chi connectivity index (χ3v) is 5.15. The number of nitrogens with one attached hydrogen (secondary N) is 3. The Morgan fingerprint density at radius 1 is 0.929 bits per heavy atom. The molecular formula is C19H22FN3O5. The molecular weight excluding hydrogens is 369 g/mol. The molecule has 2 fully saturated rings. The molecule has 9 heteroatoms. The first-order valence-corrected chi connectivity index (χ1v) is 9.30. The Morgan fingerprint density at radius 3 is 2.21 bits per heavy atom. The SMILES string of the molecule is O=C(NNC(=O)C1CCCCC1C(=O)O)c1ccc(NC(=O)C2CC2)cc1F. The zero-order valence-corrected chi connectivity index (χ0v) is 15.2. The number of amides is 3. The van der Waals surface area contributed by atoms with Crippen molar-refractivity contribution >= 4 is 29.4 Å². The van der Waals surface area contributed by atoms with Gasteiger partial charge in [-0.1, -0.05) is 12.8 Å². The van der Waals surface area contributed by atoms with Gasteiger partial charge in [-0.25, -0.2) is 4.39 Å². The van der Waals surface area contributed by atoms with Crippen LogP contribution in [0.4, 0.5) is 10.1 Å². The number of anilines is 1. The van der Waals surface area contributed by atoms with Crippen molar-refractivity contribution in [2.45, 2.75) is 38.5 Å². The quantitative estimate of drug-likeness (QED) is 0.570. The predicted octanol–water partition coefficient (Wildman–Crippen LogP) is 1.83. The van der Waals surface area contributed by atoms with Crippen molar-refractivity contribution in [3.05, 3.63) is 29.6 Å². The average molecular weight is 391 g/mol. The highest BCUT2D eigenvalue weighted by Crippen LogP contribution is 2.31. The van der Waals surface area contributed by atoms with Gasteiger partial charge in [0.1, 0.15) is 5.82 Å². The van der Waals surface area contributed by atoms with Crippen LogP contribution in [0.2, 0.25) is 0 Å². The summed E-state index contributed by atoms with van der Waals surface area (Å²) in [6.07, 6.45) is 3.93. The van der Waals surface area contributed by atoms with Crippen molar-refractivity contribution < 1.29 is 28.7 Å². The summed E-state index contributed by atoms with van der Waals surface area (Å²) in [7, 11) is 0. The second-order valence-electron chi connectivity index (χ2n) is 7.24. The maximum atomic E-state index is 14.2. The summed E-state index contributed by atoms with van der Waals surface area (Å²) in [6.45, 7) is 0. The van der Waals surface area contributed by atoms with Gasteiger partial charge in [-0.15, -0.1) is 0 Å². The van der Waals surface area contributed by atoms with Crippen LogP contribution in [-0.4, -0.2) is 28.8 Å². The number of carbonyl (C=O) groups is 4. The Bertz CT molecular complexity index is 809. The van der Waals surface area contributed by atoms with Crippen LogP contribution in [0.1, 0.15) is 48.9 Å². The van der Waals surface area contributed by atoms with E-state index in [-0.39, 0.29) is 23.1 Å². The minimum atomic E-state index is -1.04. The maximum Gasteiger partial charge on any atom is 0.307 e. The van der Waals surface area contributed by atoms with E-state index < -0.39 is 35.4 Å². The van der Waals surface area contributed by atoms with E-state index in [1.165, 1.54) is 12.1 Å². The second kappa shape index (κ2) is 8.37. The molecule has 2 saturated carbocycles. The minimum absolute atomic E-state index is 0.0318. The first-order chi connectivity index (χ1) is 13.4. The number of carboxylic acid groups (broad SMARTS) is 1. The van der Waals surface area contributed by atoms with E-state index in [0.29, 0.717) is 12.8 Å². The molecule has 0 aromatic heterocycles. The number of hydrazine groups is 1. The standard InChI is InChI=1S/C19H22FN3O5/c20-15-9-11(21-16(24)10-5-6-10)7-8-14(15)18(26)23-22-17(25)12-3-1-2-4-13(12)19(27)28/h7-10,12-13H,1-6H2,(H,21,24)(H,22,25)(H,23,26)(H,27,28). The molecule has 4 N–H and O–H groups in total. The van der Waals surface area contributed by atoms with Crippen LogP contribution < -0.4 is 16.2 Å². The van der Waals surface area contributed by atoms with Crippen molar-refractivity contribution in [1.29, 1.82) is 0 Å². The van der Waals surface area contributed by atoms with Gasteiger partial charge in [0, 0.05) is 11.6 Å².